The summed E-state index contributed by atoms with van der Waals surface area (Å²) in [6.45, 7) is 0. The van der Waals surface area contributed by atoms with Gasteiger partial charge in [-0.05, 0) is 24.0 Å². The van der Waals surface area contributed by atoms with E-state index in [9.17, 15) is 14.9 Å². The van der Waals surface area contributed by atoms with E-state index in [4.69, 9.17) is 0 Å². The Bertz CT molecular complexity index is 511. The molecule has 0 N–H and O–H groups in total. The van der Waals surface area contributed by atoms with Gasteiger partial charge in [-0.3, -0.25) is 14.9 Å². The van der Waals surface area contributed by atoms with Crippen LogP contribution < -0.4 is 0 Å². The van der Waals surface area contributed by atoms with Crippen LogP contribution >= 0.6 is 0 Å². The van der Waals surface area contributed by atoms with E-state index in [1.54, 1.807) is 0 Å². The van der Waals surface area contributed by atoms with Crippen molar-refractivity contribution in [2.75, 3.05) is 0 Å². The largest absolute Gasteiger partial charge is 0.291 e. The Labute approximate surface area is 98.8 Å². The van der Waals surface area contributed by atoms with Gasteiger partial charge in [0, 0.05) is 11.3 Å². The monoisotopic (exact) mass is 231 g/mol. The average molecular weight is 231 g/mol. The highest BCUT2D eigenvalue weighted by Crippen LogP contribution is 2.44. The Balaban J connectivity index is 2.18. The van der Waals surface area contributed by atoms with Crippen molar-refractivity contribution in [3.63, 3.8) is 0 Å². The molecule has 88 valence electrons. The minimum atomic E-state index is -1.34. The van der Waals surface area contributed by atoms with Crippen LogP contribution in [0.5, 0.6) is 0 Å². The fourth-order valence-electron chi connectivity index (χ4n) is 3.25. The summed E-state index contributed by atoms with van der Waals surface area (Å²) in [5.41, 5.74) is 0.653. The third-order valence-corrected chi connectivity index (χ3v) is 4.12. The zero-order valence-corrected chi connectivity index (χ0v) is 9.39. The minimum absolute atomic E-state index is 0.174. The van der Waals surface area contributed by atoms with Crippen LogP contribution in [0.2, 0.25) is 0 Å². The van der Waals surface area contributed by atoms with Crippen molar-refractivity contribution in [2.45, 2.75) is 37.1 Å². The maximum Gasteiger partial charge on any atom is 0.283 e. The molecule has 0 unspecified atom stereocenters. The smallest absolute Gasteiger partial charge is 0.283 e. The first-order valence-electron chi connectivity index (χ1n) is 5.92. The fourth-order valence-corrected chi connectivity index (χ4v) is 3.25. The van der Waals surface area contributed by atoms with Gasteiger partial charge in [0.05, 0.1) is 12.3 Å². The maximum atomic E-state index is 12.3. The van der Waals surface area contributed by atoms with Gasteiger partial charge in [-0.2, -0.15) is 0 Å². The number of benzene rings is 1. The number of nitro groups is 1. The van der Waals surface area contributed by atoms with Gasteiger partial charge in [-0.25, -0.2) is 0 Å². The van der Waals surface area contributed by atoms with Crippen LogP contribution in [0.15, 0.2) is 24.3 Å². The highest BCUT2D eigenvalue weighted by molar-refractivity contribution is 5.96. The summed E-state index contributed by atoms with van der Waals surface area (Å²) in [6.07, 6.45) is 2.19. The molecule has 4 heteroatoms. The molecule has 0 radical (unpaired) electrons. The molecule has 1 aromatic carbocycles. The minimum Gasteiger partial charge on any atom is -0.291 e. The van der Waals surface area contributed by atoms with Crippen LogP contribution in [0, 0.1) is 10.1 Å². The summed E-state index contributed by atoms with van der Waals surface area (Å²) in [6, 6.07) is 7.64. The van der Waals surface area contributed by atoms with Gasteiger partial charge in [0.25, 0.3) is 5.54 Å². The summed E-state index contributed by atoms with van der Waals surface area (Å²) >= 11 is 0. The van der Waals surface area contributed by atoms with Gasteiger partial charge in [-0.1, -0.05) is 24.3 Å². The number of nitrogens with zero attached hydrogens (tertiary/aromatic N) is 1. The molecule has 2 aliphatic carbocycles. The van der Waals surface area contributed by atoms with Crippen molar-refractivity contribution in [3.05, 3.63) is 45.5 Å². The predicted molar refractivity (Wildman–Crippen MR) is 61.5 cm³/mol. The van der Waals surface area contributed by atoms with Crippen LogP contribution in [0.25, 0.3) is 0 Å². The van der Waals surface area contributed by atoms with E-state index < -0.39 is 5.54 Å². The molecular formula is C13H13NO3. The first-order valence-corrected chi connectivity index (χ1v) is 5.92. The van der Waals surface area contributed by atoms with Crippen LogP contribution in [0.4, 0.5) is 0 Å². The normalized spacial score (nSPS) is 30.8. The number of ketones is 1. The number of Topliss-reactive ketones (excluding diaryl/α,β-unsaturated/α-hetero) is 1. The highest BCUT2D eigenvalue weighted by Gasteiger charge is 2.58. The van der Waals surface area contributed by atoms with Gasteiger partial charge in [0.1, 0.15) is 0 Å². The third kappa shape index (κ3) is 1.27. The van der Waals surface area contributed by atoms with Crippen LogP contribution in [0.3, 0.4) is 0 Å². The zero-order chi connectivity index (χ0) is 12.0. The summed E-state index contributed by atoms with van der Waals surface area (Å²) in [7, 11) is 0. The predicted octanol–water partition coefficient (Wildman–Crippen LogP) is 2.09. The zero-order valence-electron chi connectivity index (χ0n) is 9.39. The van der Waals surface area contributed by atoms with E-state index in [-0.39, 0.29) is 23.0 Å². The topological polar surface area (TPSA) is 60.2 Å². The Morgan fingerprint density at radius 2 is 2.12 bits per heavy atom. The van der Waals surface area contributed by atoms with Gasteiger partial charge >= 0.3 is 0 Å². The lowest BCUT2D eigenvalue weighted by Gasteiger charge is -2.38. The van der Waals surface area contributed by atoms with Crippen LogP contribution in [-0.2, 0) is 11.2 Å². The summed E-state index contributed by atoms with van der Waals surface area (Å²) in [5.74, 6) is -0.424. The molecule has 0 saturated heterocycles. The van der Waals surface area contributed by atoms with Gasteiger partial charge in [-0.15, -0.1) is 0 Å². The molecule has 4 nitrogen and oxygen atoms in total. The molecule has 0 heterocycles. The molecule has 3 rings (SSSR count). The van der Waals surface area contributed by atoms with E-state index in [1.807, 2.05) is 24.3 Å². The Kier molecular flexibility index (Phi) is 2.08. The highest BCUT2D eigenvalue weighted by atomic mass is 16.6. The Hall–Kier alpha value is -1.71. The lowest BCUT2D eigenvalue weighted by atomic mass is 9.64. The molecule has 1 aromatic rings. The van der Waals surface area contributed by atoms with E-state index in [2.05, 4.69) is 0 Å². The summed E-state index contributed by atoms with van der Waals surface area (Å²) in [5, 5.41) is 11.3. The van der Waals surface area contributed by atoms with Gasteiger partial charge in [0.15, 0.2) is 0 Å². The average Bonchev–Trinajstić information content (AvgIpc) is 2.29. The molecule has 0 aromatic heterocycles. The first kappa shape index (κ1) is 10.4. The SMILES string of the molecule is O=C1[C@H]2CCC[C@]1([N+](=O)[O-])Cc1ccccc12. The molecule has 0 aliphatic heterocycles. The van der Waals surface area contributed by atoms with Crippen molar-refractivity contribution in [1.29, 1.82) is 0 Å². The van der Waals surface area contributed by atoms with Crippen LogP contribution in [-0.4, -0.2) is 16.2 Å². The number of carbonyl (C=O) groups is 1. The Morgan fingerprint density at radius 1 is 1.35 bits per heavy atom. The molecular weight excluding hydrogens is 218 g/mol. The number of carbonyl (C=O) groups excluding carboxylic acids is 1. The molecule has 0 amide bonds. The third-order valence-electron chi connectivity index (χ3n) is 4.12. The quantitative estimate of drug-likeness (QED) is 0.549. The lowest BCUT2D eigenvalue weighted by molar-refractivity contribution is -0.555. The van der Waals surface area contributed by atoms with Crippen molar-refractivity contribution in [3.8, 4) is 0 Å². The number of rotatable bonds is 1. The first-order chi connectivity index (χ1) is 8.15. The van der Waals surface area contributed by atoms with Crippen molar-refractivity contribution in [2.24, 2.45) is 0 Å². The van der Waals surface area contributed by atoms with Crippen molar-refractivity contribution < 1.29 is 9.72 Å². The van der Waals surface area contributed by atoms with Gasteiger partial charge < -0.3 is 0 Å². The fraction of sp³-hybridized carbons (Fsp3) is 0.462. The Morgan fingerprint density at radius 3 is 2.88 bits per heavy atom. The molecule has 2 atom stereocenters. The molecule has 1 saturated carbocycles. The lowest BCUT2D eigenvalue weighted by Crippen LogP contribution is -2.55. The van der Waals surface area contributed by atoms with Gasteiger partial charge in [0.2, 0.25) is 5.78 Å². The second kappa shape index (κ2) is 3.39. The molecule has 17 heavy (non-hydrogen) atoms. The number of fused-ring (bicyclic) bond motifs is 4. The molecule has 2 bridgehead atoms. The van der Waals surface area contributed by atoms with Crippen LogP contribution in [0.1, 0.15) is 36.3 Å². The molecule has 1 fully saturated rings. The van der Waals surface area contributed by atoms with E-state index in [1.165, 1.54) is 0 Å². The number of hydrogen-bond donors (Lipinski definition) is 0. The van der Waals surface area contributed by atoms with E-state index >= 15 is 0 Å². The van der Waals surface area contributed by atoms with E-state index in [0.29, 0.717) is 6.42 Å². The summed E-state index contributed by atoms with van der Waals surface area (Å²) in [4.78, 5) is 23.2. The van der Waals surface area contributed by atoms with Crippen molar-refractivity contribution in [1.82, 2.24) is 0 Å². The second-order valence-electron chi connectivity index (χ2n) is 4.97. The maximum absolute atomic E-state index is 12.3. The second-order valence-corrected chi connectivity index (χ2v) is 4.97. The van der Waals surface area contributed by atoms with Crippen molar-refractivity contribution >= 4 is 5.78 Å². The summed E-state index contributed by atoms with van der Waals surface area (Å²) < 4.78 is 0. The van der Waals surface area contributed by atoms with E-state index in [0.717, 1.165) is 24.0 Å². The molecule has 2 aliphatic rings. The standard InChI is InChI=1S/C13H13NO3/c15-12-11-6-3-7-13(12,14(16)17)8-9-4-1-2-5-10(9)11/h1-2,4-5,11H,3,6-8H2/t11-,13-/m0/s1. The molecule has 0 spiro atoms. The number of hydrogen-bond acceptors (Lipinski definition) is 3.